The molecule has 62 valence electrons. The molecule has 0 aliphatic heterocycles. The van der Waals surface area contributed by atoms with Gasteiger partial charge in [-0.15, -0.1) is 5.10 Å². The van der Waals surface area contributed by atoms with Crippen molar-refractivity contribution in [3.63, 3.8) is 0 Å². The first-order chi connectivity index (χ1) is 5.43. The van der Waals surface area contributed by atoms with E-state index in [0.717, 1.165) is 12.1 Å². The van der Waals surface area contributed by atoms with Gasteiger partial charge in [-0.2, -0.15) is 0 Å². The van der Waals surface area contributed by atoms with Gasteiger partial charge in [-0.05, 0) is 0 Å². The minimum Gasteiger partial charge on any atom is -0.380 e. The second-order valence-corrected chi connectivity index (χ2v) is 2.12. The van der Waals surface area contributed by atoms with Crippen LogP contribution in [0.5, 0.6) is 0 Å². The Morgan fingerprint density at radius 3 is 3.09 bits per heavy atom. The number of hydrogen-bond donors (Lipinski definition) is 2. The van der Waals surface area contributed by atoms with Crippen LogP contribution >= 0.6 is 0 Å². The number of aromatic amines is 1. The number of hydrogen-bond acceptors (Lipinski definition) is 4. The Morgan fingerprint density at radius 1 is 1.55 bits per heavy atom. The Hall–Kier alpha value is -0.940. The van der Waals surface area contributed by atoms with Gasteiger partial charge in [0, 0.05) is 19.2 Å². The van der Waals surface area contributed by atoms with Crippen LogP contribution in [0.4, 0.5) is 0 Å². The fourth-order valence-electron chi connectivity index (χ4n) is 0.710. The molecule has 0 atom stereocenters. The summed E-state index contributed by atoms with van der Waals surface area (Å²) in [6.45, 7) is 1.83. The summed E-state index contributed by atoms with van der Waals surface area (Å²) in [6, 6.07) is 0. The van der Waals surface area contributed by atoms with Gasteiger partial charge in [0.15, 0.2) is 0 Å². The van der Waals surface area contributed by atoms with E-state index in [1.54, 1.807) is 6.20 Å². The first-order valence-corrected chi connectivity index (χ1v) is 3.56. The highest BCUT2D eigenvalue weighted by atomic mass is 16.5. The molecule has 0 radical (unpaired) electrons. The third-order valence-electron chi connectivity index (χ3n) is 1.23. The molecule has 1 rings (SSSR count). The van der Waals surface area contributed by atoms with Gasteiger partial charge in [-0.3, -0.25) is 5.10 Å². The molecule has 0 saturated carbocycles. The smallest absolute Gasteiger partial charge is 0.0847 e. The van der Waals surface area contributed by atoms with E-state index in [9.17, 15) is 0 Å². The van der Waals surface area contributed by atoms with E-state index in [2.05, 4.69) is 15.4 Å². The van der Waals surface area contributed by atoms with Gasteiger partial charge in [-0.25, -0.2) is 0 Å². The Labute approximate surface area is 64.9 Å². The summed E-state index contributed by atoms with van der Waals surface area (Å²) in [5.74, 6) is 0. The molecule has 0 unspecified atom stereocenters. The van der Waals surface area contributed by atoms with Crippen molar-refractivity contribution in [2.24, 2.45) is 5.73 Å². The van der Waals surface area contributed by atoms with Crippen molar-refractivity contribution < 1.29 is 4.74 Å². The van der Waals surface area contributed by atoms with Gasteiger partial charge in [0.25, 0.3) is 0 Å². The summed E-state index contributed by atoms with van der Waals surface area (Å²) in [6.07, 6.45) is 2.54. The van der Waals surface area contributed by atoms with E-state index in [4.69, 9.17) is 10.5 Å². The van der Waals surface area contributed by atoms with E-state index in [-0.39, 0.29) is 0 Å². The first-order valence-electron chi connectivity index (χ1n) is 3.56. The summed E-state index contributed by atoms with van der Waals surface area (Å²) in [5.41, 5.74) is 6.15. The van der Waals surface area contributed by atoms with Crippen LogP contribution in [-0.4, -0.2) is 35.2 Å². The lowest BCUT2D eigenvalue weighted by atomic mass is 10.3. The highest BCUT2D eigenvalue weighted by molar-refractivity contribution is 4.89. The SMILES string of the molecule is NCCOCCc1c[nH]nn1. The Kier molecular flexibility index (Phi) is 3.57. The number of rotatable bonds is 5. The van der Waals surface area contributed by atoms with Crippen LogP contribution in [0.15, 0.2) is 6.20 Å². The van der Waals surface area contributed by atoms with E-state index in [0.29, 0.717) is 19.8 Å². The van der Waals surface area contributed by atoms with Crippen LogP contribution in [0, 0.1) is 0 Å². The van der Waals surface area contributed by atoms with E-state index in [1.807, 2.05) is 0 Å². The van der Waals surface area contributed by atoms with Gasteiger partial charge < -0.3 is 10.5 Å². The fourth-order valence-corrected chi connectivity index (χ4v) is 0.710. The Morgan fingerprint density at radius 2 is 2.45 bits per heavy atom. The van der Waals surface area contributed by atoms with Crippen molar-refractivity contribution in [2.75, 3.05) is 19.8 Å². The molecule has 5 heteroatoms. The van der Waals surface area contributed by atoms with Crippen LogP contribution in [0.25, 0.3) is 0 Å². The maximum absolute atomic E-state index is 5.23. The fraction of sp³-hybridized carbons (Fsp3) is 0.667. The topological polar surface area (TPSA) is 76.8 Å². The second-order valence-electron chi connectivity index (χ2n) is 2.12. The van der Waals surface area contributed by atoms with Crippen LogP contribution in [0.1, 0.15) is 5.69 Å². The molecule has 5 nitrogen and oxygen atoms in total. The normalized spacial score (nSPS) is 10.3. The lowest BCUT2D eigenvalue weighted by Gasteiger charge is -1.98. The second kappa shape index (κ2) is 4.81. The molecule has 1 aromatic heterocycles. The van der Waals surface area contributed by atoms with Crippen molar-refractivity contribution >= 4 is 0 Å². The monoisotopic (exact) mass is 156 g/mol. The number of H-pyrrole nitrogens is 1. The van der Waals surface area contributed by atoms with E-state index < -0.39 is 0 Å². The third-order valence-corrected chi connectivity index (χ3v) is 1.23. The van der Waals surface area contributed by atoms with Gasteiger partial charge in [-0.1, -0.05) is 5.21 Å². The Bertz CT molecular complexity index is 175. The van der Waals surface area contributed by atoms with Crippen molar-refractivity contribution in [1.82, 2.24) is 15.4 Å². The minimum absolute atomic E-state index is 0.568. The van der Waals surface area contributed by atoms with Crippen LogP contribution < -0.4 is 5.73 Å². The van der Waals surface area contributed by atoms with Crippen LogP contribution in [0.2, 0.25) is 0 Å². The van der Waals surface area contributed by atoms with Gasteiger partial charge in [0.2, 0.25) is 0 Å². The van der Waals surface area contributed by atoms with Crippen molar-refractivity contribution in [2.45, 2.75) is 6.42 Å². The molecule has 0 aliphatic carbocycles. The van der Waals surface area contributed by atoms with Crippen molar-refractivity contribution in [3.8, 4) is 0 Å². The summed E-state index contributed by atoms with van der Waals surface area (Å²) >= 11 is 0. The quantitative estimate of drug-likeness (QED) is 0.554. The third kappa shape index (κ3) is 3.10. The number of nitrogens with one attached hydrogen (secondary N) is 1. The molecule has 0 fully saturated rings. The molecule has 11 heavy (non-hydrogen) atoms. The number of nitrogens with zero attached hydrogens (tertiary/aromatic N) is 2. The summed E-state index contributed by atoms with van der Waals surface area (Å²) < 4.78 is 5.15. The molecular formula is C6H12N4O. The molecule has 3 N–H and O–H groups in total. The van der Waals surface area contributed by atoms with Gasteiger partial charge in [0.1, 0.15) is 0 Å². The molecular weight excluding hydrogens is 144 g/mol. The first kappa shape index (κ1) is 8.16. The number of nitrogens with two attached hydrogens (primary N) is 1. The summed E-state index contributed by atoms with van der Waals surface area (Å²) in [4.78, 5) is 0. The minimum atomic E-state index is 0.568. The predicted octanol–water partition coefficient (Wildman–Crippen LogP) is -0.678. The lowest BCUT2D eigenvalue weighted by molar-refractivity contribution is 0.144. The molecule has 1 heterocycles. The van der Waals surface area contributed by atoms with Gasteiger partial charge >= 0.3 is 0 Å². The zero-order chi connectivity index (χ0) is 7.94. The number of aromatic nitrogens is 3. The molecule has 0 aromatic carbocycles. The van der Waals surface area contributed by atoms with Crippen LogP contribution in [0.3, 0.4) is 0 Å². The van der Waals surface area contributed by atoms with E-state index in [1.165, 1.54) is 0 Å². The van der Waals surface area contributed by atoms with Crippen molar-refractivity contribution in [1.29, 1.82) is 0 Å². The standard InChI is InChI=1S/C6H12N4O/c7-2-4-11-3-1-6-5-8-10-9-6/h5H,1-4,7H2,(H,8,9,10). The molecule has 0 saturated heterocycles. The predicted molar refractivity (Wildman–Crippen MR) is 40.0 cm³/mol. The molecule has 0 bridgehead atoms. The highest BCUT2D eigenvalue weighted by Gasteiger charge is 1.94. The zero-order valence-corrected chi connectivity index (χ0v) is 6.29. The molecule has 0 amide bonds. The zero-order valence-electron chi connectivity index (χ0n) is 6.29. The average molecular weight is 156 g/mol. The average Bonchev–Trinajstić information content (AvgIpc) is 2.50. The summed E-state index contributed by atoms with van der Waals surface area (Å²) in [5, 5.41) is 9.99. The number of ether oxygens (including phenoxy) is 1. The molecule has 0 spiro atoms. The molecule has 1 aromatic rings. The maximum Gasteiger partial charge on any atom is 0.0847 e. The lowest BCUT2D eigenvalue weighted by Crippen LogP contribution is -2.10. The Balaban J connectivity index is 2.04. The van der Waals surface area contributed by atoms with E-state index >= 15 is 0 Å². The summed E-state index contributed by atoms with van der Waals surface area (Å²) in [7, 11) is 0. The molecule has 0 aliphatic rings. The highest BCUT2D eigenvalue weighted by Crippen LogP contribution is 1.90. The van der Waals surface area contributed by atoms with Crippen molar-refractivity contribution in [3.05, 3.63) is 11.9 Å². The van der Waals surface area contributed by atoms with Crippen LogP contribution in [-0.2, 0) is 11.2 Å². The largest absolute Gasteiger partial charge is 0.380 e. The maximum atomic E-state index is 5.23. The van der Waals surface area contributed by atoms with Gasteiger partial charge in [0.05, 0.1) is 18.9 Å².